The fourth-order valence-corrected chi connectivity index (χ4v) is 4.28. The van der Waals surface area contributed by atoms with Gasteiger partial charge in [-0.15, -0.1) is 0 Å². The second-order valence-corrected chi connectivity index (χ2v) is 8.78. The first kappa shape index (κ1) is 17.8. The molecule has 0 spiro atoms. The fourth-order valence-electron chi connectivity index (χ4n) is 2.03. The summed E-state index contributed by atoms with van der Waals surface area (Å²) in [7, 11) is 1.88. The molecular formula is C14H20BrClO3S. The SMILES string of the molecule is CCC(CC)(COc1cc(Br)ccc1C)CS(=O)(=O)Cl. The van der Waals surface area contributed by atoms with Crippen molar-refractivity contribution in [3.63, 3.8) is 0 Å². The van der Waals surface area contributed by atoms with E-state index in [4.69, 9.17) is 15.4 Å². The lowest BCUT2D eigenvalue weighted by Crippen LogP contribution is -2.33. The molecule has 0 saturated carbocycles. The molecule has 0 radical (unpaired) electrons. The largest absolute Gasteiger partial charge is 0.493 e. The summed E-state index contributed by atoms with van der Waals surface area (Å²) in [6.45, 7) is 6.22. The Hall–Kier alpha value is -0.260. The molecule has 1 aromatic rings. The van der Waals surface area contributed by atoms with Crippen molar-refractivity contribution in [3.8, 4) is 5.75 Å². The summed E-state index contributed by atoms with van der Waals surface area (Å²) in [4.78, 5) is 0. The van der Waals surface area contributed by atoms with Gasteiger partial charge in [0, 0.05) is 20.6 Å². The predicted molar refractivity (Wildman–Crippen MR) is 87.0 cm³/mol. The number of aryl methyl sites for hydroxylation is 1. The van der Waals surface area contributed by atoms with Gasteiger partial charge in [0.15, 0.2) is 0 Å². The molecule has 1 rings (SSSR count). The van der Waals surface area contributed by atoms with Gasteiger partial charge < -0.3 is 4.74 Å². The summed E-state index contributed by atoms with van der Waals surface area (Å²) < 4.78 is 29.6. The first-order valence-electron chi connectivity index (χ1n) is 6.52. The summed E-state index contributed by atoms with van der Waals surface area (Å²) >= 11 is 3.40. The Morgan fingerprint density at radius 2 is 1.90 bits per heavy atom. The van der Waals surface area contributed by atoms with Crippen LogP contribution in [0.4, 0.5) is 0 Å². The molecule has 0 fully saturated rings. The molecule has 114 valence electrons. The maximum atomic E-state index is 11.4. The molecule has 0 atom stereocenters. The minimum atomic E-state index is -3.55. The van der Waals surface area contributed by atoms with Crippen molar-refractivity contribution in [2.24, 2.45) is 5.41 Å². The Kier molecular flexibility index (Phi) is 6.35. The van der Waals surface area contributed by atoms with Gasteiger partial charge in [-0.25, -0.2) is 8.42 Å². The number of benzene rings is 1. The number of halogens is 2. The monoisotopic (exact) mass is 382 g/mol. The van der Waals surface area contributed by atoms with Crippen LogP contribution in [0, 0.1) is 12.3 Å². The van der Waals surface area contributed by atoms with Crippen LogP contribution in [-0.2, 0) is 9.05 Å². The van der Waals surface area contributed by atoms with Crippen molar-refractivity contribution in [2.75, 3.05) is 12.4 Å². The third-order valence-electron chi connectivity index (χ3n) is 3.66. The molecule has 0 aliphatic heterocycles. The average molecular weight is 384 g/mol. The number of hydrogen-bond donors (Lipinski definition) is 0. The zero-order valence-corrected chi connectivity index (χ0v) is 15.1. The van der Waals surface area contributed by atoms with Crippen molar-refractivity contribution < 1.29 is 13.2 Å². The molecule has 0 saturated heterocycles. The van der Waals surface area contributed by atoms with Crippen LogP contribution in [0.1, 0.15) is 32.3 Å². The van der Waals surface area contributed by atoms with E-state index in [9.17, 15) is 8.42 Å². The smallest absolute Gasteiger partial charge is 0.233 e. The Labute approximate surface area is 134 Å². The lowest BCUT2D eigenvalue weighted by molar-refractivity contribution is 0.154. The van der Waals surface area contributed by atoms with Crippen LogP contribution in [0.3, 0.4) is 0 Å². The van der Waals surface area contributed by atoms with Crippen LogP contribution in [0.25, 0.3) is 0 Å². The van der Waals surface area contributed by atoms with Gasteiger partial charge >= 0.3 is 0 Å². The topological polar surface area (TPSA) is 43.4 Å². The molecule has 0 aliphatic rings. The van der Waals surface area contributed by atoms with Gasteiger partial charge in [0.05, 0.1) is 12.4 Å². The third-order valence-corrected chi connectivity index (χ3v) is 5.44. The molecule has 20 heavy (non-hydrogen) atoms. The molecule has 0 N–H and O–H groups in total. The van der Waals surface area contributed by atoms with Crippen molar-refractivity contribution in [2.45, 2.75) is 33.6 Å². The molecule has 0 aliphatic carbocycles. The van der Waals surface area contributed by atoms with Crippen LogP contribution < -0.4 is 4.74 Å². The van der Waals surface area contributed by atoms with Gasteiger partial charge in [-0.05, 0) is 37.5 Å². The summed E-state index contributed by atoms with van der Waals surface area (Å²) in [6.07, 6.45) is 1.39. The maximum absolute atomic E-state index is 11.4. The van der Waals surface area contributed by atoms with Crippen molar-refractivity contribution >= 4 is 35.7 Å². The quantitative estimate of drug-likeness (QED) is 0.651. The highest BCUT2D eigenvalue weighted by atomic mass is 79.9. The summed E-state index contributed by atoms with van der Waals surface area (Å²) in [5.41, 5.74) is 0.568. The second-order valence-electron chi connectivity index (χ2n) is 5.09. The summed E-state index contributed by atoms with van der Waals surface area (Å²) in [5, 5.41) is 0. The molecule has 0 aromatic heterocycles. The number of ether oxygens (including phenoxy) is 1. The highest BCUT2D eigenvalue weighted by Gasteiger charge is 2.32. The van der Waals surface area contributed by atoms with E-state index in [2.05, 4.69) is 15.9 Å². The molecule has 1 aromatic carbocycles. The Balaban J connectivity index is 2.89. The average Bonchev–Trinajstić information content (AvgIpc) is 2.37. The van der Waals surface area contributed by atoms with Crippen LogP contribution in [0.15, 0.2) is 22.7 Å². The van der Waals surface area contributed by atoms with E-state index in [1.165, 1.54) is 0 Å². The Morgan fingerprint density at radius 3 is 2.40 bits per heavy atom. The molecule has 3 nitrogen and oxygen atoms in total. The maximum Gasteiger partial charge on any atom is 0.233 e. The highest BCUT2D eigenvalue weighted by molar-refractivity contribution is 9.10. The zero-order valence-electron chi connectivity index (χ0n) is 11.9. The van der Waals surface area contributed by atoms with E-state index >= 15 is 0 Å². The van der Waals surface area contributed by atoms with E-state index in [-0.39, 0.29) is 5.75 Å². The van der Waals surface area contributed by atoms with Gasteiger partial charge in [-0.3, -0.25) is 0 Å². The van der Waals surface area contributed by atoms with E-state index < -0.39 is 14.5 Å². The zero-order chi connectivity index (χ0) is 15.4. The fraction of sp³-hybridized carbons (Fsp3) is 0.571. The predicted octanol–water partition coefficient (Wildman–Crippen LogP) is 4.51. The van der Waals surface area contributed by atoms with E-state index in [0.717, 1.165) is 15.8 Å². The van der Waals surface area contributed by atoms with E-state index in [1.54, 1.807) is 0 Å². The Bertz CT molecular complexity index is 554. The van der Waals surface area contributed by atoms with Gasteiger partial charge in [-0.2, -0.15) is 0 Å². The second kappa shape index (κ2) is 7.14. The van der Waals surface area contributed by atoms with Gasteiger partial charge in [0.1, 0.15) is 5.75 Å². The molecule has 0 unspecified atom stereocenters. The van der Waals surface area contributed by atoms with Crippen LogP contribution in [0.2, 0.25) is 0 Å². The normalized spacial score (nSPS) is 12.4. The number of rotatable bonds is 7. The number of hydrogen-bond acceptors (Lipinski definition) is 3. The van der Waals surface area contributed by atoms with Gasteiger partial charge in [0.2, 0.25) is 9.05 Å². The lowest BCUT2D eigenvalue weighted by atomic mass is 9.85. The minimum absolute atomic E-state index is 0.0679. The molecule has 6 heteroatoms. The lowest BCUT2D eigenvalue weighted by Gasteiger charge is -2.30. The van der Waals surface area contributed by atoms with E-state index in [0.29, 0.717) is 19.4 Å². The van der Waals surface area contributed by atoms with E-state index in [1.807, 2.05) is 39.0 Å². The van der Waals surface area contributed by atoms with Crippen LogP contribution in [-0.4, -0.2) is 20.8 Å². The molecular weight excluding hydrogens is 364 g/mol. The molecule has 0 amide bonds. The summed E-state index contributed by atoms with van der Waals surface area (Å²) in [5.74, 6) is 0.694. The van der Waals surface area contributed by atoms with Gasteiger partial charge in [-0.1, -0.05) is 35.8 Å². The van der Waals surface area contributed by atoms with Crippen LogP contribution >= 0.6 is 26.6 Å². The van der Waals surface area contributed by atoms with Crippen molar-refractivity contribution in [1.82, 2.24) is 0 Å². The minimum Gasteiger partial charge on any atom is -0.493 e. The van der Waals surface area contributed by atoms with Crippen molar-refractivity contribution in [1.29, 1.82) is 0 Å². The first-order valence-corrected chi connectivity index (χ1v) is 9.80. The van der Waals surface area contributed by atoms with Crippen molar-refractivity contribution in [3.05, 3.63) is 28.2 Å². The third kappa shape index (κ3) is 5.26. The standard InChI is InChI=1S/C14H20BrClO3S/c1-4-14(5-2,10-20(16,17)18)9-19-13-8-12(15)7-6-11(13)3/h6-8H,4-5,9-10H2,1-3H3. The molecule has 0 heterocycles. The van der Waals surface area contributed by atoms with Crippen LogP contribution in [0.5, 0.6) is 5.75 Å². The first-order chi connectivity index (χ1) is 9.21. The summed E-state index contributed by atoms with van der Waals surface area (Å²) in [6, 6.07) is 5.79. The Morgan fingerprint density at radius 1 is 1.30 bits per heavy atom. The highest BCUT2D eigenvalue weighted by Crippen LogP contribution is 2.32. The van der Waals surface area contributed by atoms with Gasteiger partial charge in [0.25, 0.3) is 0 Å². The molecule has 0 bridgehead atoms.